The van der Waals surface area contributed by atoms with E-state index >= 15 is 0 Å². The van der Waals surface area contributed by atoms with Crippen molar-refractivity contribution in [2.45, 2.75) is 45.1 Å². The van der Waals surface area contributed by atoms with Gasteiger partial charge in [-0.3, -0.25) is 4.79 Å². The van der Waals surface area contributed by atoms with Crippen LogP contribution < -0.4 is 15.8 Å². The molecule has 120 valence electrons. The van der Waals surface area contributed by atoms with Crippen LogP contribution in [-0.4, -0.2) is 18.6 Å². The summed E-state index contributed by atoms with van der Waals surface area (Å²) in [7, 11) is 0. The lowest BCUT2D eigenvalue weighted by atomic mass is 9.97. The van der Waals surface area contributed by atoms with E-state index in [1.165, 1.54) is 24.8 Å². The summed E-state index contributed by atoms with van der Waals surface area (Å²) >= 11 is 5.84. The molecule has 0 saturated carbocycles. The molecule has 4 nitrogen and oxygen atoms in total. The SMILES string of the molecule is CC(Oc1ccc(Cl)cc1N)C(=O)NCCC1=CCCCC1. The molecular formula is C17H23ClN2O2. The summed E-state index contributed by atoms with van der Waals surface area (Å²) in [5.41, 5.74) is 7.70. The Bertz CT molecular complexity index is 558. The highest BCUT2D eigenvalue weighted by Gasteiger charge is 2.15. The number of ether oxygens (including phenoxy) is 1. The molecule has 1 aliphatic rings. The van der Waals surface area contributed by atoms with E-state index in [0.29, 0.717) is 23.0 Å². The van der Waals surface area contributed by atoms with Crippen LogP contribution in [0, 0.1) is 0 Å². The molecule has 0 spiro atoms. The third-order valence-electron chi connectivity index (χ3n) is 3.78. The van der Waals surface area contributed by atoms with Crippen LogP contribution in [0.25, 0.3) is 0 Å². The Labute approximate surface area is 136 Å². The maximum Gasteiger partial charge on any atom is 0.260 e. The van der Waals surface area contributed by atoms with E-state index in [-0.39, 0.29) is 5.91 Å². The number of nitrogen functional groups attached to an aromatic ring is 1. The molecule has 1 unspecified atom stereocenters. The van der Waals surface area contributed by atoms with E-state index in [1.54, 1.807) is 25.1 Å². The highest BCUT2D eigenvalue weighted by molar-refractivity contribution is 6.30. The molecule has 0 bridgehead atoms. The molecule has 1 aromatic rings. The highest BCUT2D eigenvalue weighted by atomic mass is 35.5. The quantitative estimate of drug-likeness (QED) is 0.620. The topological polar surface area (TPSA) is 64.3 Å². The van der Waals surface area contributed by atoms with Crippen molar-refractivity contribution in [1.29, 1.82) is 0 Å². The van der Waals surface area contributed by atoms with E-state index < -0.39 is 6.10 Å². The standard InChI is InChI=1S/C17H23ClN2O2/c1-12(22-16-8-7-14(18)11-15(16)19)17(21)20-10-9-13-5-3-2-4-6-13/h5,7-8,11-12H,2-4,6,9-10,19H2,1H3,(H,20,21). The Hall–Kier alpha value is -1.68. The molecule has 0 aromatic heterocycles. The third-order valence-corrected chi connectivity index (χ3v) is 4.01. The van der Waals surface area contributed by atoms with Crippen LogP contribution >= 0.6 is 11.6 Å². The van der Waals surface area contributed by atoms with E-state index in [0.717, 1.165) is 12.8 Å². The predicted molar refractivity (Wildman–Crippen MR) is 90.1 cm³/mol. The van der Waals surface area contributed by atoms with Gasteiger partial charge in [-0.05, 0) is 57.2 Å². The zero-order valence-electron chi connectivity index (χ0n) is 12.9. The zero-order chi connectivity index (χ0) is 15.9. The van der Waals surface area contributed by atoms with Crippen molar-refractivity contribution < 1.29 is 9.53 Å². The first-order valence-electron chi connectivity index (χ1n) is 7.73. The second-order valence-electron chi connectivity index (χ2n) is 5.59. The summed E-state index contributed by atoms with van der Waals surface area (Å²) in [6, 6.07) is 4.97. The number of hydrogen-bond donors (Lipinski definition) is 2. The van der Waals surface area contributed by atoms with Gasteiger partial charge in [-0.2, -0.15) is 0 Å². The van der Waals surface area contributed by atoms with Gasteiger partial charge in [-0.15, -0.1) is 0 Å². The highest BCUT2D eigenvalue weighted by Crippen LogP contribution is 2.25. The summed E-state index contributed by atoms with van der Waals surface area (Å²) in [5, 5.41) is 3.45. The molecule has 1 aromatic carbocycles. The second kappa shape index (κ2) is 8.08. The number of halogens is 1. The minimum Gasteiger partial charge on any atom is -0.479 e. The Kier molecular flexibility index (Phi) is 6.13. The smallest absolute Gasteiger partial charge is 0.260 e. The van der Waals surface area contributed by atoms with Gasteiger partial charge in [0, 0.05) is 11.6 Å². The number of carbonyl (C=O) groups excluding carboxylic acids is 1. The maximum absolute atomic E-state index is 12.0. The van der Waals surface area contributed by atoms with Crippen molar-refractivity contribution in [3.63, 3.8) is 0 Å². The normalized spacial score (nSPS) is 15.8. The second-order valence-corrected chi connectivity index (χ2v) is 6.03. The molecule has 5 heteroatoms. The zero-order valence-corrected chi connectivity index (χ0v) is 13.7. The van der Waals surface area contributed by atoms with Gasteiger partial charge in [0.25, 0.3) is 5.91 Å². The number of nitrogens with one attached hydrogen (secondary N) is 1. The number of carbonyl (C=O) groups is 1. The van der Waals surface area contributed by atoms with Gasteiger partial charge in [0.1, 0.15) is 5.75 Å². The van der Waals surface area contributed by atoms with Crippen LogP contribution in [0.4, 0.5) is 5.69 Å². The lowest BCUT2D eigenvalue weighted by molar-refractivity contribution is -0.127. The van der Waals surface area contributed by atoms with Crippen LogP contribution in [0.1, 0.15) is 39.0 Å². The van der Waals surface area contributed by atoms with Crippen molar-refractivity contribution >= 4 is 23.2 Å². The molecule has 0 saturated heterocycles. The number of benzene rings is 1. The first-order chi connectivity index (χ1) is 10.6. The average molecular weight is 323 g/mol. The predicted octanol–water partition coefficient (Wildman–Crippen LogP) is 3.70. The number of amides is 1. The first-order valence-corrected chi connectivity index (χ1v) is 8.11. The summed E-state index contributed by atoms with van der Waals surface area (Å²) in [6.07, 6.45) is 7.48. The summed E-state index contributed by atoms with van der Waals surface area (Å²) in [5.74, 6) is 0.341. The van der Waals surface area contributed by atoms with Gasteiger partial charge in [0.2, 0.25) is 0 Å². The Morgan fingerprint density at radius 3 is 2.95 bits per heavy atom. The van der Waals surface area contributed by atoms with Gasteiger partial charge >= 0.3 is 0 Å². The van der Waals surface area contributed by atoms with E-state index in [9.17, 15) is 4.79 Å². The maximum atomic E-state index is 12.0. The lowest BCUT2D eigenvalue weighted by Crippen LogP contribution is -2.37. The molecule has 1 amide bonds. The van der Waals surface area contributed by atoms with Crippen molar-refractivity contribution in [1.82, 2.24) is 5.32 Å². The molecule has 0 fully saturated rings. The monoisotopic (exact) mass is 322 g/mol. The summed E-state index contributed by atoms with van der Waals surface area (Å²) < 4.78 is 5.59. The fourth-order valence-corrected chi connectivity index (χ4v) is 2.67. The first kappa shape index (κ1) is 16.7. The number of rotatable bonds is 6. The fourth-order valence-electron chi connectivity index (χ4n) is 2.49. The molecular weight excluding hydrogens is 300 g/mol. The molecule has 0 aliphatic heterocycles. The van der Waals surface area contributed by atoms with Crippen molar-refractivity contribution in [2.24, 2.45) is 0 Å². The van der Waals surface area contributed by atoms with Crippen LogP contribution in [0.15, 0.2) is 29.8 Å². The van der Waals surface area contributed by atoms with Crippen LogP contribution in [0.5, 0.6) is 5.75 Å². The van der Waals surface area contributed by atoms with Crippen molar-refractivity contribution in [3.05, 3.63) is 34.9 Å². The van der Waals surface area contributed by atoms with Crippen molar-refractivity contribution in [2.75, 3.05) is 12.3 Å². The van der Waals surface area contributed by atoms with Crippen LogP contribution in [0.3, 0.4) is 0 Å². The Morgan fingerprint density at radius 1 is 1.45 bits per heavy atom. The third kappa shape index (κ3) is 4.95. The molecule has 1 atom stereocenters. The Balaban J connectivity index is 1.78. The van der Waals surface area contributed by atoms with Gasteiger partial charge < -0.3 is 15.8 Å². The van der Waals surface area contributed by atoms with Gasteiger partial charge in [-0.1, -0.05) is 23.3 Å². The average Bonchev–Trinajstić information content (AvgIpc) is 2.51. The van der Waals surface area contributed by atoms with Gasteiger partial charge in [-0.25, -0.2) is 0 Å². The largest absolute Gasteiger partial charge is 0.479 e. The number of anilines is 1. The summed E-state index contributed by atoms with van der Waals surface area (Å²) in [6.45, 7) is 2.36. The minimum absolute atomic E-state index is 0.134. The molecule has 2 rings (SSSR count). The lowest BCUT2D eigenvalue weighted by Gasteiger charge is -2.17. The molecule has 0 heterocycles. The number of hydrogen-bond acceptors (Lipinski definition) is 3. The molecule has 0 radical (unpaired) electrons. The van der Waals surface area contributed by atoms with Crippen molar-refractivity contribution in [3.8, 4) is 5.75 Å². The van der Waals surface area contributed by atoms with Crippen LogP contribution in [0.2, 0.25) is 5.02 Å². The van der Waals surface area contributed by atoms with Crippen LogP contribution in [-0.2, 0) is 4.79 Å². The van der Waals surface area contributed by atoms with E-state index in [2.05, 4.69) is 11.4 Å². The number of nitrogens with two attached hydrogens (primary N) is 1. The fraction of sp³-hybridized carbons (Fsp3) is 0.471. The summed E-state index contributed by atoms with van der Waals surface area (Å²) in [4.78, 5) is 12.0. The molecule has 1 aliphatic carbocycles. The minimum atomic E-state index is -0.594. The molecule has 3 N–H and O–H groups in total. The van der Waals surface area contributed by atoms with Gasteiger partial charge in [0.05, 0.1) is 5.69 Å². The Morgan fingerprint density at radius 2 is 2.27 bits per heavy atom. The van der Waals surface area contributed by atoms with E-state index in [4.69, 9.17) is 22.1 Å². The number of allylic oxidation sites excluding steroid dienone is 1. The van der Waals surface area contributed by atoms with E-state index in [1.807, 2.05) is 0 Å². The molecule has 22 heavy (non-hydrogen) atoms. The van der Waals surface area contributed by atoms with Gasteiger partial charge in [0.15, 0.2) is 6.10 Å².